The number of carbonyl (C=O) groups excluding carboxylic acids is 1. The molecule has 5 rings (SSSR count). The molecule has 9 nitrogen and oxygen atoms in total. The summed E-state index contributed by atoms with van der Waals surface area (Å²) < 4.78 is 66.6. The van der Waals surface area contributed by atoms with E-state index in [9.17, 15) is 27.9 Å². The van der Waals surface area contributed by atoms with Crippen molar-refractivity contribution in [3.05, 3.63) is 139 Å². The monoisotopic (exact) mass is 715 g/mol. The minimum absolute atomic E-state index is 0.0273. The van der Waals surface area contributed by atoms with E-state index < -0.39 is 41.7 Å². The van der Waals surface area contributed by atoms with Crippen molar-refractivity contribution in [3.63, 3.8) is 0 Å². The summed E-state index contributed by atoms with van der Waals surface area (Å²) in [5.41, 5.74) is 7.33. The molecule has 0 fully saturated rings. The van der Waals surface area contributed by atoms with Gasteiger partial charge < -0.3 is 19.9 Å². The summed E-state index contributed by atoms with van der Waals surface area (Å²) in [5.74, 6) is -1.39. The van der Waals surface area contributed by atoms with Gasteiger partial charge in [0.25, 0.3) is 5.91 Å². The summed E-state index contributed by atoms with van der Waals surface area (Å²) in [4.78, 5) is 22.2. The predicted octanol–water partition coefficient (Wildman–Crippen LogP) is 8.67. The molecule has 1 amide bonds. The van der Waals surface area contributed by atoms with Gasteiger partial charge in [0.15, 0.2) is 11.6 Å². The van der Waals surface area contributed by atoms with E-state index in [-0.39, 0.29) is 41.8 Å². The average Bonchev–Trinajstić information content (AvgIpc) is 3.44. The van der Waals surface area contributed by atoms with E-state index in [1.165, 1.54) is 6.07 Å². The van der Waals surface area contributed by atoms with Crippen LogP contribution < -0.4 is 10.1 Å². The summed E-state index contributed by atoms with van der Waals surface area (Å²) in [5, 5.41) is 15.9. The molecule has 49 heavy (non-hydrogen) atoms. The van der Waals surface area contributed by atoms with Crippen molar-refractivity contribution in [2.75, 3.05) is 13.2 Å². The Morgan fingerprint density at radius 3 is 2.53 bits per heavy atom. The highest BCUT2D eigenvalue weighted by Gasteiger charge is 2.54. The van der Waals surface area contributed by atoms with Crippen LogP contribution in [0.15, 0.2) is 95.0 Å². The van der Waals surface area contributed by atoms with Gasteiger partial charge in [-0.1, -0.05) is 58.6 Å². The normalized spacial score (nSPS) is 17.1. The van der Waals surface area contributed by atoms with Crippen molar-refractivity contribution >= 4 is 40.7 Å². The van der Waals surface area contributed by atoms with E-state index in [4.69, 9.17) is 42.8 Å². The van der Waals surface area contributed by atoms with Crippen LogP contribution in [0, 0.1) is 5.82 Å². The molecule has 0 saturated carbocycles. The molecule has 0 unspecified atom stereocenters. The van der Waals surface area contributed by atoms with E-state index in [1.807, 2.05) is 0 Å². The van der Waals surface area contributed by atoms with E-state index in [0.29, 0.717) is 39.9 Å². The van der Waals surface area contributed by atoms with Gasteiger partial charge in [-0.2, -0.15) is 13.2 Å². The third-order valence-corrected chi connectivity index (χ3v) is 8.18. The van der Waals surface area contributed by atoms with Gasteiger partial charge in [-0.15, -0.1) is 0 Å². The number of aliphatic hydroxyl groups excluding tert-OH is 1. The molecule has 0 aliphatic carbocycles. The maximum atomic E-state index is 14.5. The number of halogens is 6. The molecule has 0 saturated heterocycles. The fraction of sp³-hybridized carbons (Fsp3) is 0.235. The number of hydrogen-bond acceptors (Lipinski definition) is 6. The van der Waals surface area contributed by atoms with Crippen molar-refractivity contribution in [1.82, 2.24) is 5.32 Å². The van der Waals surface area contributed by atoms with Gasteiger partial charge in [0.05, 0.1) is 12.2 Å². The Balaban J connectivity index is 1.62. The molecule has 0 spiro atoms. The Kier molecular flexibility index (Phi) is 11.0. The molecule has 15 heteroatoms. The minimum atomic E-state index is -4.82. The fourth-order valence-corrected chi connectivity index (χ4v) is 5.83. The van der Waals surface area contributed by atoms with Gasteiger partial charge >= 0.3 is 6.18 Å². The topological polar surface area (TPSA) is 129 Å². The van der Waals surface area contributed by atoms with Crippen molar-refractivity contribution in [1.29, 1.82) is 0 Å². The number of aliphatic imine (C=N–C) groups is 1. The molecule has 1 heterocycles. The van der Waals surface area contributed by atoms with Gasteiger partial charge in [-0.25, -0.2) is 9.38 Å². The second-order valence-corrected chi connectivity index (χ2v) is 11.8. The van der Waals surface area contributed by atoms with E-state index in [0.717, 1.165) is 12.1 Å². The Bertz CT molecular complexity index is 1920. The molecule has 4 aromatic rings. The largest absolute Gasteiger partial charge is 0.494 e. The smallest absolute Gasteiger partial charge is 0.416 e. The Morgan fingerprint density at radius 2 is 1.84 bits per heavy atom. The Morgan fingerprint density at radius 1 is 1.08 bits per heavy atom. The van der Waals surface area contributed by atoms with Gasteiger partial charge in [0.1, 0.15) is 11.6 Å². The van der Waals surface area contributed by atoms with Crippen LogP contribution >= 0.6 is 23.2 Å². The molecule has 4 aromatic carbocycles. The molecule has 0 radical (unpaired) electrons. The number of ether oxygens (including phenoxy) is 2. The third-order valence-electron chi connectivity index (χ3n) is 7.62. The highest BCUT2D eigenvalue weighted by molar-refractivity contribution is 6.35. The lowest BCUT2D eigenvalue weighted by Gasteiger charge is -2.31. The lowest BCUT2D eigenvalue weighted by atomic mass is 9.81. The molecular formula is C34H27Cl2F4N5O4. The molecule has 1 aliphatic heterocycles. The van der Waals surface area contributed by atoms with Crippen LogP contribution in [-0.2, 0) is 28.7 Å². The number of nitrogens with one attached hydrogen (secondary N) is 1. The van der Waals surface area contributed by atoms with Crippen molar-refractivity contribution in [2.45, 2.75) is 37.2 Å². The molecule has 0 aromatic heterocycles. The summed E-state index contributed by atoms with van der Waals surface area (Å²) in [6.07, 6.45) is -5.84. The van der Waals surface area contributed by atoms with Crippen LogP contribution in [0.25, 0.3) is 10.4 Å². The minimum Gasteiger partial charge on any atom is -0.494 e. The summed E-state index contributed by atoms with van der Waals surface area (Å²) in [6.45, 7) is -0.244. The number of nitrogens with zero attached hydrogens (tertiary/aromatic N) is 4. The van der Waals surface area contributed by atoms with Crippen LogP contribution in [0.1, 0.15) is 40.3 Å². The average molecular weight is 717 g/mol. The third kappa shape index (κ3) is 8.26. The maximum Gasteiger partial charge on any atom is 0.416 e. The number of azide groups is 1. The van der Waals surface area contributed by atoms with Crippen LogP contribution in [0.3, 0.4) is 0 Å². The van der Waals surface area contributed by atoms with Crippen molar-refractivity contribution in [3.8, 4) is 5.75 Å². The van der Waals surface area contributed by atoms with Crippen LogP contribution in [0.2, 0.25) is 10.0 Å². The number of carbonyl (C=O) groups is 1. The second-order valence-electron chi connectivity index (χ2n) is 11.0. The van der Waals surface area contributed by atoms with Gasteiger partial charge in [0, 0.05) is 57.8 Å². The van der Waals surface area contributed by atoms with Crippen LogP contribution in [0.4, 0.5) is 23.2 Å². The predicted molar refractivity (Wildman–Crippen MR) is 175 cm³/mol. The van der Waals surface area contributed by atoms with Crippen LogP contribution in [-0.4, -0.2) is 35.7 Å². The molecule has 1 aliphatic rings. The lowest BCUT2D eigenvalue weighted by molar-refractivity contribution is -0.137. The first-order valence-corrected chi connectivity index (χ1v) is 15.5. The Hall–Kier alpha value is -4.81. The van der Waals surface area contributed by atoms with Gasteiger partial charge in [0.2, 0.25) is 5.90 Å². The SMILES string of the molecule is [N-]=[N+]=Nc1ccccc1C[C@@]1(C(=O)NCc2cc(F)cc(C(F)(F)F)c2)N=C(c2ccc(OCCCO)cc2)O[C@@H]1c1ccc(Cl)cc1Cl. The fourth-order valence-electron chi connectivity index (χ4n) is 5.32. The zero-order valence-corrected chi connectivity index (χ0v) is 26.9. The summed E-state index contributed by atoms with van der Waals surface area (Å²) in [7, 11) is 0. The number of amides is 1. The zero-order chi connectivity index (χ0) is 35.2. The number of aliphatic hydroxyl groups is 1. The Labute approximate surface area is 287 Å². The second kappa shape index (κ2) is 15.2. The zero-order valence-electron chi connectivity index (χ0n) is 25.4. The summed E-state index contributed by atoms with van der Waals surface area (Å²) in [6, 6.07) is 19.7. The van der Waals surface area contributed by atoms with Crippen LogP contribution in [0.5, 0.6) is 5.75 Å². The van der Waals surface area contributed by atoms with E-state index >= 15 is 0 Å². The standard InChI is InChI=1S/C34H27Cl2F4N5O4/c35-24-8-11-27(28(36)17-24)30-33(18-22-4-1-2-5-29(22)44-45-41,32(47)42-19-20-14-23(34(38,39)40)16-25(37)15-20)43-31(49-30)21-6-9-26(10-7-21)48-13-3-12-46/h1-2,4-11,14-17,30,46H,3,12-13,18-19H2,(H,42,47)/t30-,33-/m1/s1. The molecule has 254 valence electrons. The molecule has 0 bridgehead atoms. The number of benzene rings is 4. The molecule has 2 atom stereocenters. The highest BCUT2D eigenvalue weighted by atomic mass is 35.5. The summed E-state index contributed by atoms with van der Waals surface area (Å²) >= 11 is 12.8. The van der Waals surface area contributed by atoms with E-state index in [2.05, 4.69) is 15.3 Å². The number of alkyl halides is 3. The quantitative estimate of drug-likeness (QED) is 0.0500. The highest BCUT2D eigenvalue weighted by Crippen LogP contribution is 2.46. The van der Waals surface area contributed by atoms with Crippen molar-refractivity contribution in [2.24, 2.45) is 10.1 Å². The molecular weight excluding hydrogens is 689 g/mol. The number of rotatable bonds is 12. The van der Waals surface area contributed by atoms with E-state index in [1.54, 1.807) is 60.7 Å². The first-order valence-electron chi connectivity index (χ1n) is 14.8. The number of hydrogen-bond donors (Lipinski definition) is 2. The maximum absolute atomic E-state index is 14.5. The lowest BCUT2D eigenvalue weighted by Crippen LogP contribution is -2.49. The molecule has 2 N–H and O–H groups in total. The van der Waals surface area contributed by atoms with Gasteiger partial charge in [-0.3, -0.25) is 4.79 Å². The first kappa shape index (κ1) is 35.5. The first-order chi connectivity index (χ1) is 23.4. The van der Waals surface area contributed by atoms with Crippen molar-refractivity contribution < 1.29 is 36.9 Å². The van der Waals surface area contributed by atoms with Gasteiger partial charge in [-0.05, 0) is 71.3 Å².